The van der Waals surface area contributed by atoms with Crippen LogP contribution in [0, 0.1) is 6.92 Å². The third-order valence-electron chi connectivity index (χ3n) is 3.36. The lowest BCUT2D eigenvalue weighted by Crippen LogP contribution is -2.07. The van der Waals surface area contributed by atoms with Crippen LogP contribution in [0.15, 0.2) is 54.6 Å². The number of alkyl halides is 1. The molecule has 0 saturated carbocycles. The van der Waals surface area contributed by atoms with E-state index in [4.69, 9.17) is 4.74 Å². The third-order valence-corrected chi connectivity index (χ3v) is 3.95. The van der Waals surface area contributed by atoms with Gasteiger partial charge in [0.2, 0.25) is 0 Å². The molecule has 0 spiro atoms. The zero-order valence-electron chi connectivity index (χ0n) is 11.9. The molecule has 0 aromatic heterocycles. The summed E-state index contributed by atoms with van der Waals surface area (Å²) in [5.74, 6) is 0. The van der Waals surface area contributed by atoms with Gasteiger partial charge >= 0.3 is 0 Å². The summed E-state index contributed by atoms with van der Waals surface area (Å²) in [4.78, 5) is 0. The van der Waals surface area contributed by atoms with Gasteiger partial charge in [-0.1, -0.05) is 76.1 Å². The lowest BCUT2D eigenvalue weighted by Gasteiger charge is -2.16. The quantitative estimate of drug-likeness (QED) is 0.507. The highest BCUT2D eigenvalue weighted by atomic mass is 79.9. The van der Waals surface area contributed by atoms with Gasteiger partial charge in [0.1, 0.15) is 0 Å². The molecule has 1 atom stereocenters. The van der Waals surface area contributed by atoms with E-state index in [2.05, 4.69) is 77.5 Å². The molecule has 0 bridgehead atoms. The molecule has 20 heavy (non-hydrogen) atoms. The Hall–Kier alpha value is -1.12. The smallest absolute Gasteiger partial charge is 0.0921 e. The Kier molecular flexibility index (Phi) is 6.28. The molecule has 1 nitrogen and oxygen atoms in total. The fraction of sp³-hybridized carbons (Fsp3) is 0.333. The Morgan fingerprint density at radius 2 is 1.70 bits per heavy atom. The van der Waals surface area contributed by atoms with Gasteiger partial charge in [-0.25, -0.2) is 0 Å². The Labute approximate surface area is 130 Å². The Balaban J connectivity index is 1.78. The van der Waals surface area contributed by atoms with E-state index in [0.717, 1.165) is 24.8 Å². The minimum atomic E-state index is 0.145. The second-order valence-corrected chi connectivity index (χ2v) is 5.66. The fourth-order valence-electron chi connectivity index (χ4n) is 2.16. The summed E-state index contributed by atoms with van der Waals surface area (Å²) in [6.07, 6.45) is 2.27. The second-order valence-electron chi connectivity index (χ2n) is 5.01. The molecule has 0 aliphatic heterocycles. The number of hydrogen-bond acceptors (Lipinski definition) is 1. The Morgan fingerprint density at radius 1 is 1.00 bits per heavy atom. The van der Waals surface area contributed by atoms with Crippen molar-refractivity contribution in [1.29, 1.82) is 0 Å². The summed E-state index contributed by atoms with van der Waals surface area (Å²) >= 11 is 3.54. The molecule has 0 N–H and O–H groups in total. The van der Waals surface area contributed by atoms with Crippen LogP contribution in [0.25, 0.3) is 0 Å². The van der Waals surface area contributed by atoms with Crippen molar-refractivity contribution in [3.63, 3.8) is 0 Å². The van der Waals surface area contributed by atoms with Crippen molar-refractivity contribution in [3.05, 3.63) is 71.3 Å². The Bertz CT molecular complexity index is 493. The first kappa shape index (κ1) is 15.3. The predicted octanol–water partition coefficient (Wildman–Crippen LogP) is 5.08. The maximum absolute atomic E-state index is 5.99. The van der Waals surface area contributed by atoms with Gasteiger partial charge in [0.25, 0.3) is 0 Å². The van der Waals surface area contributed by atoms with Gasteiger partial charge in [-0.05, 0) is 30.9 Å². The van der Waals surface area contributed by atoms with Gasteiger partial charge in [-0.3, -0.25) is 0 Å². The summed E-state index contributed by atoms with van der Waals surface area (Å²) in [5, 5.41) is 0.835. The van der Waals surface area contributed by atoms with Crippen LogP contribution in [0.5, 0.6) is 0 Å². The zero-order chi connectivity index (χ0) is 14.2. The van der Waals surface area contributed by atoms with Gasteiger partial charge in [0, 0.05) is 11.9 Å². The highest BCUT2D eigenvalue weighted by Gasteiger charge is 2.09. The summed E-state index contributed by atoms with van der Waals surface area (Å²) in [6.45, 7) is 2.90. The van der Waals surface area contributed by atoms with Crippen molar-refractivity contribution in [2.75, 3.05) is 11.9 Å². The molecule has 0 amide bonds. The van der Waals surface area contributed by atoms with E-state index in [1.807, 2.05) is 0 Å². The van der Waals surface area contributed by atoms with E-state index in [1.54, 1.807) is 0 Å². The standard InChI is InChI=1S/C18H21BrO/c1-15-9-11-17(12-10-15)18(14-19)20-13-5-8-16-6-3-2-4-7-16/h2-4,6-7,9-12,18H,5,8,13-14H2,1H3. The van der Waals surface area contributed by atoms with Crippen LogP contribution in [0.4, 0.5) is 0 Å². The normalized spacial score (nSPS) is 12.3. The Morgan fingerprint density at radius 3 is 2.35 bits per heavy atom. The molecule has 2 aromatic rings. The van der Waals surface area contributed by atoms with E-state index in [9.17, 15) is 0 Å². The number of halogens is 1. The summed E-state index contributed by atoms with van der Waals surface area (Å²) in [6, 6.07) is 19.1. The number of hydrogen-bond donors (Lipinski definition) is 0. The molecule has 106 valence electrons. The van der Waals surface area contributed by atoms with Crippen molar-refractivity contribution in [2.45, 2.75) is 25.9 Å². The van der Waals surface area contributed by atoms with E-state index in [1.165, 1.54) is 16.7 Å². The largest absolute Gasteiger partial charge is 0.373 e. The molecule has 2 rings (SSSR count). The number of rotatable bonds is 7. The predicted molar refractivity (Wildman–Crippen MR) is 88.4 cm³/mol. The van der Waals surface area contributed by atoms with E-state index in [0.29, 0.717) is 0 Å². The first-order valence-electron chi connectivity index (χ1n) is 7.07. The number of benzene rings is 2. The van der Waals surface area contributed by atoms with Gasteiger partial charge in [-0.15, -0.1) is 0 Å². The first-order valence-corrected chi connectivity index (χ1v) is 8.20. The van der Waals surface area contributed by atoms with E-state index >= 15 is 0 Å². The molecule has 0 aliphatic carbocycles. The van der Waals surface area contributed by atoms with Crippen molar-refractivity contribution in [1.82, 2.24) is 0 Å². The minimum absolute atomic E-state index is 0.145. The third kappa shape index (κ3) is 4.77. The molecule has 0 aliphatic rings. The monoisotopic (exact) mass is 332 g/mol. The highest BCUT2D eigenvalue weighted by molar-refractivity contribution is 9.09. The van der Waals surface area contributed by atoms with Crippen LogP contribution < -0.4 is 0 Å². The molecule has 0 heterocycles. The zero-order valence-corrected chi connectivity index (χ0v) is 13.5. The minimum Gasteiger partial charge on any atom is -0.373 e. The van der Waals surface area contributed by atoms with Gasteiger partial charge in [0.05, 0.1) is 6.10 Å². The molecule has 0 radical (unpaired) electrons. The lowest BCUT2D eigenvalue weighted by molar-refractivity contribution is 0.0682. The summed E-state index contributed by atoms with van der Waals surface area (Å²) in [7, 11) is 0. The highest BCUT2D eigenvalue weighted by Crippen LogP contribution is 2.20. The molecule has 1 unspecified atom stereocenters. The average molecular weight is 333 g/mol. The van der Waals surface area contributed by atoms with Crippen LogP contribution in [-0.2, 0) is 11.2 Å². The summed E-state index contributed by atoms with van der Waals surface area (Å²) in [5.41, 5.74) is 3.90. The molecule has 2 aromatic carbocycles. The van der Waals surface area contributed by atoms with E-state index in [-0.39, 0.29) is 6.10 Å². The molecule has 0 saturated heterocycles. The SMILES string of the molecule is Cc1ccc(C(CBr)OCCCc2ccccc2)cc1. The van der Waals surface area contributed by atoms with Crippen molar-refractivity contribution in [3.8, 4) is 0 Å². The van der Waals surface area contributed by atoms with Gasteiger partial charge in [0.15, 0.2) is 0 Å². The maximum Gasteiger partial charge on any atom is 0.0921 e. The maximum atomic E-state index is 5.99. The topological polar surface area (TPSA) is 9.23 Å². The van der Waals surface area contributed by atoms with Crippen LogP contribution >= 0.6 is 15.9 Å². The molecular formula is C18H21BrO. The molecule has 2 heteroatoms. The number of aryl methyl sites for hydroxylation is 2. The fourth-order valence-corrected chi connectivity index (χ4v) is 2.72. The van der Waals surface area contributed by atoms with Crippen LogP contribution in [0.1, 0.15) is 29.2 Å². The van der Waals surface area contributed by atoms with Crippen LogP contribution in [-0.4, -0.2) is 11.9 Å². The van der Waals surface area contributed by atoms with E-state index < -0.39 is 0 Å². The van der Waals surface area contributed by atoms with Gasteiger partial charge < -0.3 is 4.74 Å². The molecule has 0 fully saturated rings. The van der Waals surface area contributed by atoms with Crippen LogP contribution in [0.3, 0.4) is 0 Å². The van der Waals surface area contributed by atoms with Crippen molar-refractivity contribution in [2.24, 2.45) is 0 Å². The second kappa shape index (κ2) is 8.23. The lowest BCUT2D eigenvalue weighted by atomic mass is 10.1. The summed E-state index contributed by atoms with van der Waals surface area (Å²) < 4.78 is 5.99. The van der Waals surface area contributed by atoms with Crippen molar-refractivity contribution >= 4 is 15.9 Å². The van der Waals surface area contributed by atoms with Crippen LogP contribution in [0.2, 0.25) is 0 Å². The average Bonchev–Trinajstić information content (AvgIpc) is 2.50. The first-order chi connectivity index (χ1) is 9.79. The van der Waals surface area contributed by atoms with Gasteiger partial charge in [-0.2, -0.15) is 0 Å². The van der Waals surface area contributed by atoms with Crippen molar-refractivity contribution < 1.29 is 4.74 Å². The molecular weight excluding hydrogens is 312 g/mol. The number of ether oxygens (including phenoxy) is 1.